The zero-order valence-electron chi connectivity index (χ0n) is 13.3. The molecule has 0 spiro atoms. The van der Waals surface area contributed by atoms with Crippen molar-refractivity contribution in [2.75, 3.05) is 33.7 Å². The summed E-state index contributed by atoms with van der Waals surface area (Å²) >= 11 is 0.854. The van der Waals surface area contributed by atoms with Gasteiger partial charge in [0.05, 0.1) is 13.1 Å². The highest BCUT2D eigenvalue weighted by Crippen LogP contribution is 2.29. The number of nitrogens with zero attached hydrogens (tertiary/aromatic N) is 3. The van der Waals surface area contributed by atoms with E-state index in [-0.39, 0.29) is 54.6 Å². The first-order valence-corrected chi connectivity index (χ1v) is 7.60. The maximum atomic E-state index is 12.4. The van der Waals surface area contributed by atoms with E-state index in [1.165, 1.54) is 14.1 Å². The molecule has 0 aliphatic carbocycles. The summed E-state index contributed by atoms with van der Waals surface area (Å²) in [5.41, 5.74) is -0.957. The van der Waals surface area contributed by atoms with E-state index in [0.29, 0.717) is 0 Å². The Bertz CT molecular complexity index is 545. The average molecular weight is 505 g/mol. The van der Waals surface area contributed by atoms with Crippen LogP contribution in [-0.2, 0) is 12.7 Å². The van der Waals surface area contributed by atoms with E-state index < -0.39 is 24.6 Å². The number of halogens is 7. The number of aromatic nitrogens is 1. The van der Waals surface area contributed by atoms with Crippen molar-refractivity contribution in [1.82, 2.24) is 20.5 Å². The maximum Gasteiger partial charge on any atom is 0.434 e. The summed E-state index contributed by atoms with van der Waals surface area (Å²) in [7, 11) is 2.78. The van der Waals surface area contributed by atoms with Crippen LogP contribution in [0.3, 0.4) is 0 Å². The molecule has 0 bridgehead atoms. The van der Waals surface area contributed by atoms with Crippen molar-refractivity contribution in [1.29, 1.82) is 0 Å². The summed E-state index contributed by atoms with van der Waals surface area (Å²) in [6.45, 7) is -0.688. The third-order valence-electron chi connectivity index (χ3n) is 2.71. The molecular formula is C12H18F6IN5S. The van der Waals surface area contributed by atoms with Gasteiger partial charge in [0, 0.05) is 25.5 Å². The second-order valence-corrected chi connectivity index (χ2v) is 5.77. The molecule has 0 saturated heterocycles. The van der Waals surface area contributed by atoms with Gasteiger partial charge in [-0.25, -0.2) is 4.98 Å². The van der Waals surface area contributed by atoms with Crippen molar-refractivity contribution in [2.24, 2.45) is 4.99 Å². The molecule has 2 N–H and O–H groups in total. The minimum absolute atomic E-state index is 0. The van der Waals surface area contributed by atoms with Crippen LogP contribution < -0.4 is 10.6 Å². The van der Waals surface area contributed by atoms with Gasteiger partial charge in [0.25, 0.3) is 0 Å². The number of hydrogen-bond acceptors (Lipinski definition) is 4. The van der Waals surface area contributed by atoms with Crippen LogP contribution in [0.5, 0.6) is 0 Å². The summed E-state index contributed by atoms with van der Waals surface area (Å²) in [6.07, 6.45) is -8.76. The minimum Gasteiger partial charge on any atom is -0.355 e. The Morgan fingerprint density at radius 1 is 1.24 bits per heavy atom. The lowest BCUT2D eigenvalue weighted by atomic mass is 10.5. The zero-order valence-corrected chi connectivity index (χ0v) is 16.5. The van der Waals surface area contributed by atoms with Gasteiger partial charge in [-0.05, 0) is 7.05 Å². The number of rotatable bonds is 6. The van der Waals surface area contributed by atoms with E-state index >= 15 is 0 Å². The van der Waals surface area contributed by atoms with Gasteiger partial charge in [-0.3, -0.25) is 9.89 Å². The Kier molecular flexibility index (Phi) is 10.0. The number of guanidine groups is 1. The largest absolute Gasteiger partial charge is 0.434 e. The summed E-state index contributed by atoms with van der Waals surface area (Å²) < 4.78 is 73.8. The molecule has 0 aliphatic heterocycles. The highest BCUT2D eigenvalue weighted by atomic mass is 127. The van der Waals surface area contributed by atoms with E-state index in [1.54, 1.807) is 0 Å². The SMILES string of the molecule is CN=C(NCCN(C)CC(F)(F)F)NCc1nc(C(F)(F)F)cs1.I. The fourth-order valence-corrected chi connectivity index (χ4v) is 2.39. The van der Waals surface area contributed by atoms with Crippen LogP contribution in [0.2, 0.25) is 0 Å². The van der Waals surface area contributed by atoms with Crippen molar-refractivity contribution in [3.63, 3.8) is 0 Å². The van der Waals surface area contributed by atoms with Gasteiger partial charge in [-0.15, -0.1) is 35.3 Å². The van der Waals surface area contributed by atoms with Crippen LogP contribution in [0, 0.1) is 0 Å². The Morgan fingerprint density at radius 3 is 2.36 bits per heavy atom. The first kappa shape index (κ1) is 24.2. The molecule has 0 fully saturated rings. The molecule has 0 amide bonds. The molecule has 1 aromatic heterocycles. The molecule has 0 unspecified atom stereocenters. The lowest BCUT2D eigenvalue weighted by Crippen LogP contribution is -2.42. The van der Waals surface area contributed by atoms with Crippen LogP contribution in [-0.4, -0.2) is 55.7 Å². The average Bonchev–Trinajstić information content (AvgIpc) is 2.89. The highest BCUT2D eigenvalue weighted by molar-refractivity contribution is 14.0. The topological polar surface area (TPSA) is 52.6 Å². The number of alkyl halides is 6. The molecule has 13 heteroatoms. The van der Waals surface area contributed by atoms with Gasteiger partial charge in [0.1, 0.15) is 5.01 Å². The van der Waals surface area contributed by atoms with Crippen molar-refractivity contribution in [2.45, 2.75) is 18.9 Å². The van der Waals surface area contributed by atoms with Gasteiger partial charge in [0.2, 0.25) is 0 Å². The van der Waals surface area contributed by atoms with Gasteiger partial charge in [-0.1, -0.05) is 0 Å². The van der Waals surface area contributed by atoms with Gasteiger partial charge in [0.15, 0.2) is 11.7 Å². The fraction of sp³-hybridized carbons (Fsp3) is 0.667. The van der Waals surface area contributed by atoms with Crippen molar-refractivity contribution < 1.29 is 26.3 Å². The Balaban J connectivity index is 0.00000576. The third-order valence-corrected chi connectivity index (χ3v) is 3.56. The molecule has 1 aromatic rings. The summed E-state index contributed by atoms with van der Waals surface area (Å²) in [5.74, 6) is 0.263. The maximum absolute atomic E-state index is 12.4. The minimum atomic E-state index is -4.49. The van der Waals surface area contributed by atoms with Crippen LogP contribution in [0.25, 0.3) is 0 Å². The van der Waals surface area contributed by atoms with E-state index in [9.17, 15) is 26.3 Å². The lowest BCUT2D eigenvalue weighted by molar-refractivity contribution is -0.143. The summed E-state index contributed by atoms with van der Waals surface area (Å²) in [5, 5.41) is 6.67. The van der Waals surface area contributed by atoms with Crippen molar-refractivity contribution in [3.05, 3.63) is 16.1 Å². The van der Waals surface area contributed by atoms with Crippen LogP contribution in [0.1, 0.15) is 10.7 Å². The number of nitrogens with one attached hydrogen (secondary N) is 2. The lowest BCUT2D eigenvalue weighted by Gasteiger charge is -2.19. The summed E-state index contributed by atoms with van der Waals surface area (Å²) in [4.78, 5) is 8.38. The van der Waals surface area contributed by atoms with Gasteiger partial charge < -0.3 is 10.6 Å². The molecule has 1 heterocycles. The smallest absolute Gasteiger partial charge is 0.355 e. The predicted octanol–water partition coefficient (Wildman–Crippen LogP) is 2.94. The zero-order chi connectivity index (χ0) is 18.4. The van der Waals surface area contributed by atoms with E-state index in [4.69, 9.17) is 0 Å². The first-order chi connectivity index (χ1) is 11.0. The van der Waals surface area contributed by atoms with E-state index in [2.05, 4.69) is 20.6 Å². The van der Waals surface area contributed by atoms with Crippen LogP contribution in [0.15, 0.2) is 10.4 Å². The monoisotopic (exact) mass is 505 g/mol. The second-order valence-electron chi connectivity index (χ2n) is 4.83. The number of aliphatic imine (C=N–C) groups is 1. The Labute approximate surface area is 161 Å². The molecule has 1 rings (SSSR count). The molecule has 0 aliphatic rings. The molecule has 0 saturated carbocycles. The van der Waals surface area contributed by atoms with Crippen LogP contribution >= 0.6 is 35.3 Å². The first-order valence-electron chi connectivity index (χ1n) is 6.72. The fourth-order valence-electron chi connectivity index (χ4n) is 1.65. The Morgan fingerprint density at radius 2 is 1.88 bits per heavy atom. The van der Waals surface area contributed by atoms with Crippen molar-refractivity contribution >= 4 is 41.3 Å². The highest BCUT2D eigenvalue weighted by Gasteiger charge is 2.33. The quantitative estimate of drug-likeness (QED) is 0.270. The number of thiazole rings is 1. The normalized spacial score (nSPS) is 12.9. The molecule has 5 nitrogen and oxygen atoms in total. The predicted molar refractivity (Wildman–Crippen MR) is 94.3 cm³/mol. The van der Waals surface area contributed by atoms with Gasteiger partial charge >= 0.3 is 12.4 Å². The molecule has 146 valence electrons. The number of hydrogen-bond donors (Lipinski definition) is 2. The van der Waals surface area contributed by atoms with Gasteiger partial charge in [-0.2, -0.15) is 26.3 Å². The molecule has 25 heavy (non-hydrogen) atoms. The number of likely N-dealkylation sites (N-methyl/N-ethyl adjacent to an activating group) is 1. The van der Waals surface area contributed by atoms with Crippen molar-refractivity contribution in [3.8, 4) is 0 Å². The van der Waals surface area contributed by atoms with E-state index in [1.807, 2.05) is 0 Å². The molecule has 0 atom stereocenters. The molecule has 0 aromatic carbocycles. The standard InChI is InChI=1S/C12H17F6N5S.HI/c1-19-10(20-3-4-23(2)7-11(13,14)15)21-5-9-22-8(6-24-9)12(16,17)18;/h6H,3-5,7H2,1-2H3,(H2,19,20,21);1H. The van der Waals surface area contributed by atoms with Crippen LogP contribution in [0.4, 0.5) is 26.3 Å². The second kappa shape index (κ2) is 10.4. The van der Waals surface area contributed by atoms with E-state index in [0.717, 1.165) is 21.6 Å². The molecular weight excluding hydrogens is 487 g/mol. The Hall–Kier alpha value is -0.830. The molecule has 0 radical (unpaired) electrons. The third kappa shape index (κ3) is 10.0. The summed E-state index contributed by atoms with van der Waals surface area (Å²) in [6, 6.07) is 0.